The standard InChI is InChI=1S/C26H27N3O5S/c1-18-6-14-24(15-7-18)35(32,33)29(22-10-12-23(34-2)13-11-22)17-25(30)27-21-5-3-4-19(16-21)26(31)28-20-8-9-20/h3-7,10-16,20H,8-9,17H2,1-2H3,(H,27,30)(H,28,31). The summed E-state index contributed by atoms with van der Waals surface area (Å²) in [7, 11) is -2.52. The predicted molar refractivity (Wildman–Crippen MR) is 134 cm³/mol. The lowest BCUT2D eigenvalue weighted by Crippen LogP contribution is -2.38. The van der Waals surface area contributed by atoms with Crippen molar-refractivity contribution in [3.63, 3.8) is 0 Å². The zero-order valence-corrected chi connectivity index (χ0v) is 20.3. The zero-order chi connectivity index (χ0) is 25.0. The fourth-order valence-electron chi connectivity index (χ4n) is 3.47. The van der Waals surface area contributed by atoms with Crippen molar-refractivity contribution in [3.8, 4) is 5.75 Å². The van der Waals surface area contributed by atoms with Crippen molar-refractivity contribution in [1.29, 1.82) is 0 Å². The highest BCUT2D eigenvalue weighted by atomic mass is 32.2. The molecule has 2 amide bonds. The van der Waals surface area contributed by atoms with Crippen molar-refractivity contribution in [2.24, 2.45) is 0 Å². The predicted octanol–water partition coefficient (Wildman–Crippen LogP) is 3.73. The number of carbonyl (C=O) groups excluding carboxylic acids is 2. The van der Waals surface area contributed by atoms with Crippen LogP contribution in [0.1, 0.15) is 28.8 Å². The lowest BCUT2D eigenvalue weighted by atomic mass is 10.2. The molecule has 0 saturated heterocycles. The smallest absolute Gasteiger partial charge is 0.264 e. The average Bonchev–Trinajstić information content (AvgIpc) is 3.67. The van der Waals surface area contributed by atoms with Crippen LogP contribution in [0.5, 0.6) is 5.75 Å². The summed E-state index contributed by atoms with van der Waals surface area (Å²) in [6.07, 6.45) is 1.94. The Morgan fingerprint density at radius 1 is 1.00 bits per heavy atom. The van der Waals surface area contributed by atoms with Crippen molar-refractivity contribution in [3.05, 3.63) is 83.9 Å². The van der Waals surface area contributed by atoms with Gasteiger partial charge in [0.2, 0.25) is 5.91 Å². The molecule has 1 aliphatic carbocycles. The van der Waals surface area contributed by atoms with Gasteiger partial charge in [0.25, 0.3) is 15.9 Å². The third-order valence-electron chi connectivity index (χ3n) is 5.58. The van der Waals surface area contributed by atoms with E-state index in [1.54, 1.807) is 60.7 Å². The van der Waals surface area contributed by atoms with Crippen LogP contribution in [-0.4, -0.2) is 39.9 Å². The maximum atomic E-state index is 13.5. The molecular weight excluding hydrogens is 466 g/mol. The molecule has 0 heterocycles. The molecule has 182 valence electrons. The Bertz CT molecular complexity index is 1320. The number of rotatable bonds is 9. The molecule has 0 radical (unpaired) electrons. The minimum atomic E-state index is -4.04. The van der Waals surface area contributed by atoms with Gasteiger partial charge in [0.05, 0.1) is 17.7 Å². The van der Waals surface area contributed by atoms with Gasteiger partial charge in [-0.05, 0) is 74.4 Å². The number of hydrogen-bond donors (Lipinski definition) is 2. The fraction of sp³-hybridized carbons (Fsp3) is 0.231. The molecular formula is C26H27N3O5S. The Morgan fingerprint density at radius 2 is 1.69 bits per heavy atom. The molecule has 0 bridgehead atoms. The molecule has 35 heavy (non-hydrogen) atoms. The molecule has 8 nitrogen and oxygen atoms in total. The van der Waals surface area contributed by atoms with Crippen LogP contribution >= 0.6 is 0 Å². The molecule has 1 saturated carbocycles. The van der Waals surface area contributed by atoms with E-state index in [4.69, 9.17) is 4.74 Å². The Hall–Kier alpha value is -3.85. The number of nitrogens with zero attached hydrogens (tertiary/aromatic N) is 1. The second-order valence-corrected chi connectivity index (χ2v) is 10.3. The molecule has 3 aromatic carbocycles. The highest BCUT2D eigenvalue weighted by molar-refractivity contribution is 7.92. The molecule has 4 rings (SSSR count). The van der Waals surface area contributed by atoms with Gasteiger partial charge in [-0.3, -0.25) is 13.9 Å². The number of anilines is 2. The van der Waals surface area contributed by atoms with E-state index in [0.29, 0.717) is 22.7 Å². The molecule has 1 fully saturated rings. The number of nitrogens with one attached hydrogen (secondary N) is 2. The van der Waals surface area contributed by atoms with Gasteiger partial charge in [0.15, 0.2) is 0 Å². The van der Waals surface area contributed by atoms with Crippen molar-refractivity contribution >= 4 is 33.2 Å². The number of benzene rings is 3. The first kappa shape index (κ1) is 24.3. The van der Waals surface area contributed by atoms with Crippen molar-refractivity contribution in [2.75, 3.05) is 23.3 Å². The van der Waals surface area contributed by atoms with Crippen LogP contribution in [0.2, 0.25) is 0 Å². The Balaban J connectivity index is 1.57. The summed E-state index contributed by atoms with van der Waals surface area (Å²) >= 11 is 0. The lowest BCUT2D eigenvalue weighted by Gasteiger charge is -2.24. The number of carbonyl (C=O) groups is 2. The Kier molecular flexibility index (Phi) is 7.07. The number of sulfonamides is 1. The molecule has 9 heteroatoms. The van der Waals surface area contributed by atoms with Gasteiger partial charge in [0, 0.05) is 17.3 Å². The van der Waals surface area contributed by atoms with Gasteiger partial charge in [-0.15, -0.1) is 0 Å². The summed E-state index contributed by atoms with van der Waals surface area (Å²) < 4.78 is 33.2. The van der Waals surface area contributed by atoms with Crippen molar-refractivity contribution in [1.82, 2.24) is 5.32 Å². The van der Waals surface area contributed by atoms with Gasteiger partial charge in [-0.1, -0.05) is 23.8 Å². The third kappa shape index (κ3) is 5.99. The third-order valence-corrected chi connectivity index (χ3v) is 7.37. The monoisotopic (exact) mass is 493 g/mol. The molecule has 0 aromatic heterocycles. The van der Waals surface area contributed by atoms with E-state index in [9.17, 15) is 18.0 Å². The van der Waals surface area contributed by atoms with E-state index in [-0.39, 0.29) is 16.8 Å². The molecule has 1 aliphatic rings. The normalized spacial score (nSPS) is 13.1. The number of amides is 2. The van der Waals surface area contributed by atoms with Crippen LogP contribution in [0, 0.1) is 6.92 Å². The molecule has 2 N–H and O–H groups in total. The number of methoxy groups -OCH3 is 1. The highest BCUT2D eigenvalue weighted by Crippen LogP contribution is 2.26. The minimum absolute atomic E-state index is 0.0745. The van der Waals surface area contributed by atoms with Crippen LogP contribution in [0.4, 0.5) is 11.4 Å². The van der Waals surface area contributed by atoms with Crippen LogP contribution in [0.3, 0.4) is 0 Å². The van der Waals surface area contributed by atoms with E-state index in [1.165, 1.54) is 19.2 Å². The van der Waals surface area contributed by atoms with Gasteiger partial charge in [-0.25, -0.2) is 8.42 Å². The summed E-state index contributed by atoms with van der Waals surface area (Å²) in [6, 6.07) is 19.6. The van der Waals surface area contributed by atoms with Crippen LogP contribution in [-0.2, 0) is 14.8 Å². The first-order valence-corrected chi connectivity index (χ1v) is 12.6. The summed E-state index contributed by atoms with van der Waals surface area (Å²) in [5.41, 5.74) is 2.07. The van der Waals surface area contributed by atoms with Gasteiger partial charge >= 0.3 is 0 Å². The highest BCUT2D eigenvalue weighted by Gasteiger charge is 2.28. The maximum Gasteiger partial charge on any atom is 0.264 e. The van der Waals surface area contributed by atoms with E-state index in [1.807, 2.05) is 6.92 Å². The van der Waals surface area contributed by atoms with Gasteiger partial charge in [0.1, 0.15) is 12.3 Å². The van der Waals surface area contributed by atoms with Crippen molar-refractivity contribution in [2.45, 2.75) is 30.7 Å². The average molecular weight is 494 g/mol. The van der Waals surface area contributed by atoms with Gasteiger partial charge < -0.3 is 15.4 Å². The SMILES string of the molecule is COc1ccc(N(CC(=O)Nc2cccc(C(=O)NC3CC3)c2)S(=O)(=O)c2ccc(C)cc2)cc1. The molecule has 0 aliphatic heterocycles. The maximum absolute atomic E-state index is 13.5. The molecule has 0 atom stereocenters. The zero-order valence-electron chi connectivity index (χ0n) is 19.5. The second-order valence-electron chi connectivity index (χ2n) is 8.40. The van der Waals surface area contributed by atoms with Crippen LogP contribution in [0.15, 0.2) is 77.7 Å². The fourth-order valence-corrected chi connectivity index (χ4v) is 4.89. The summed E-state index contributed by atoms with van der Waals surface area (Å²) in [4.78, 5) is 25.4. The summed E-state index contributed by atoms with van der Waals surface area (Å²) in [5, 5.41) is 5.62. The number of ether oxygens (including phenoxy) is 1. The van der Waals surface area contributed by atoms with Crippen LogP contribution in [0.25, 0.3) is 0 Å². The topological polar surface area (TPSA) is 105 Å². The quantitative estimate of drug-likeness (QED) is 0.473. The first-order valence-electron chi connectivity index (χ1n) is 11.2. The summed E-state index contributed by atoms with van der Waals surface area (Å²) in [6.45, 7) is 1.41. The van der Waals surface area contributed by atoms with E-state index < -0.39 is 22.5 Å². The van der Waals surface area contributed by atoms with E-state index in [2.05, 4.69) is 10.6 Å². The summed E-state index contributed by atoms with van der Waals surface area (Å²) in [5.74, 6) is -0.186. The number of aryl methyl sites for hydroxylation is 1. The lowest BCUT2D eigenvalue weighted by molar-refractivity contribution is -0.114. The van der Waals surface area contributed by atoms with Crippen molar-refractivity contribution < 1.29 is 22.7 Å². The van der Waals surface area contributed by atoms with E-state index in [0.717, 1.165) is 22.7 Å². The van der Waals surface area contributed by atoms with Gasteiger partial charge in [-0.2, -0.15) is 0 Å². The van der Waals surface area contributed by atoms with Crippen LogP contribution < -0.4 is 19.7 Å². The Morgan fingerprint density at radius 3 is 2.31 bits per heavy atom. The first-order chi connectivity index (χ1) is 16.8. The number of hydrogen-bond acceptors (Lipinski definition) is 5. The molecule has 0 unspecified atom stereocenters. The Labute approximate surface area is 205 Å². The second kappa shape index (κ2) is 10.2. The molecule has 0 spiro atoms. The van der Waals surface area contributed by atoms with E-state index >= 15 is 0 Å². The molecule has 3 aromatic rings. The minimum Gasteiger partial charge on any atom is -0.497 e. The largest absolute Gasteiger partial charge is 0.497 e.